The van der Waals surface area contributed by atoms with Gasteiger partial charge in [0.25, 0.3) is 0 Å². The lowest BCUT2D eigenvalue weighted by Crippen LogP contribution is -2.17. The first-order valence-corrected chi connectivity index (χ1v) is 6.81. The summed E-state index contributed by atoms with van der Waals surface area (Å²) in [5, 5.41) is 0. The number of benzene rings is 1. The van der Waals surface area contributed by atoms with E-state index in [9.17, 15) is 9.18 Å². The van der Waals surface area contributed by atoms with E-state index in [4.69, 9.17) is 10.5 Å². The number of esters is 1. The highest BCUT2D eigenvalue weighted by molar-refractivity contribution is 5.95. The molecule has 0 radical (unpaired) electrons. The molecule has 0 heterocycles. The van der Waals surface area contributed by atoms with Crippen LogP contribution in [0.1, 0.15) is 56.3 Å². The van der Waals surface area contributed by atoms with E-state index in [0.29, 0.717) is 0 Å². The first-order valence-electron chi connectivity index (χ1n) is 6.81. The van der Waals surface area contributed by atoms with Gasteiger partial charge in [-0.05, 0) is 31.9 Å². The Balaban J connectivity index is 2.50. The fourth-order valence-corrected chi connectivity index (χ4v) is 1.92. The van der Waals surface area contributed by atoms with E-state index < -0.39 is 11.8 Å². The molecular weight excluding hydrogens is 245 g/mol. The Labute approximate surface area is 113 Å². The lowest BCUT2D eigenvalue weighted by Gasteiger charge is -2.14. The van der Waals surface area contributed by atoms with Gasteiger partial charge < -0.3 is 10.5 Å². The number of ether oxygens (including phenoxy) is 1. The van der Waals surface area contributed by atoms with E-state index in [1.54, 1.807) is 0 Å². The molecule has 0 spiro atoms. The van der Waals surface area contributed by atoms with Gasteiger partial charge in [0.2, 0.25) is 0 Å². The number of carbonyl (C=O) groups is 1. The summed E-state index contributed by atoms with van der Waals surface area (Å²) in [4.78, 5) is 11.8. The minimum absolute atomic E-state index is 0.114. The van der Waals surface area contributed by atoms with Crippen LogP contribution in [-0.2, 0) is 4.74 Å². The average molecular weight is 267 g/mol. The molecule has 0 amide bonds. The highest BCUT2D eigenvalue weighted by Gasteiger charge is 2.18. The number of rotatable bonds is 7. The van der Waals surface area contributed by atoms with E-state index in [1.807, 2.05) is 6.92 Å². The van der Waals surface area contributed by atoms with Gasteiger partial charge in [0.05, 0.1) is 6.10 Å². The highest BCUT2D eigenvalue weighted by atomic mass is 19.1. The second-order valence-electron chi connectivity index (χ2n) is 4.77. The van der Waals surface area contributed by atoms with Crippen molar-refractivity contribution in [3.63, 3.8) is 0 Å². The molecule has 3 nitrogen and oxygen atoms in total. The maximum Gasteiger partial charge on any atom is 0.343 e. The lowest BCUT2D eigenvalue weighted by molar-refractivity contribution is 0.0315. The molecule has 1 rings (SSSR count). The Hall–Kier alpha value is -1.58. The topological polar surface area (TPSA) is 52.3 Å². The number of carbonyl (C=O) groups excluding carboxylic acids is 1. The van der Waals surface area contributed by atoms with Crippen molar-refractivity contribution in [3.05, 3.63) is 29.6 Å². The summed E-state index contributed by atoms with van der Waals surface area (Å²) in [7, 11) is 0. The summed E-state index contributed by atoms with van der Waals surface area (Å²) >= 11 is 0. The predicted molar refractivity (Wildman–Crippen MR) is 74.4 cm³/mol. The Morgan fingerprint density at radius 2 is 2.11 bits per heavy atom. The molecule has 1 aromatic rings. The first-order chi connectivity index (χ1) is 9.06. The van der Waals surface area contributed by atoms with Crippen LogP contribution in [0, 0.1) is 5.82 Å². The molecule has 0 aliphatic rings. The molecular formula is C15H22FNO2. The summed E-state index contributed by atoms with van der Waals surface area (Å²) in [6.07, 6.45) is 5.05. The van der Waals surface area contributed by atoms with Crippen LogP contribution in [-0.4, -0.2) is 12.1 Å². The van der Waals surface area contributed by atoms with Crippen molar-refractivity contribution in [2.24, 2.45) is 0 Å². The number of hydrogen-bond acceptors (Lipinski definition) is 3. The minimum atomic E-state index is -0.682. The minimum Gasteiger partial charge on any atom is -0.459 e. The van der Waals surface area contributed by atoms with E-state index in [0.717, 1.165) is 19.3 Å². The van der Waals surface area contributed by atoms with Gasteiger partial charge >= 0.3 is 5.97 Å². The van der Waals surface area contributed by atoms with Crippen LogP contribution in [0.3, 0.4) is 0 Å². The molecule has 19 heavy (non-hydrogen) atoms. The highest BCUT2D eigenvalue weighted by Crippen LogP contribution is 2.18. The first kappa shape index (κ1) is 15.5. The van der Waals surface area contributed by atoms with Crippen LogP contribution >= 0.6 is 0 Å². The third kappa shape index (κ3) is 4.89. The number of anilines is 1. The van der Waals surface area contributed by atoms with Gasteiger partial charge in [-0.2, -0.15) is 0 Å². The maximum absolute atomic E-state index is 13.5. The molecule has 4 heteroatoms. The summed E-state index contributed by atoms with van der Waals surface area (Å²) in [6.45, 7) is 3.96. The fourth-order valence-electron chi connectivity index (χ4n) is 1.92. The molecule has 0 aliphatic heterocycles. The predicted octanol–water partition coefficient (Wildman–Crippen LogP) is 3.92. The van der Waals surface area contributed by atoms with Gasteiger partial charge in [-0.25, -0.2) is 9.18 Å². The molecule has 0 saturated carbocycles. The monoisotopic (exact) mass is 267 g/mol. The van der Waals surface area contributed by atoms with Crippen LogP contribution < -0.4 is 5.73 Å². The van der Waals surface area contributed by atoms with Crippen molar-refractivity contribution in [1.82, 2.24) is 0 Å². The van der Waals surface area contributed by atoms with E-state index in [2.05, 4.69) is 6.92 Å². The van der Waals surface area contributed by atoms with Crippen LogP contribution in [0.2, 0.25) is 0 Å². The van der Waals surface area contributed by atoms with Gasteiger partial charge in [-0.15, -0.1) is 0 Å². The van der Waals surface area contributed by atoms with Crippen LogP contribution in [0.25, 0.3) is 0 Å². The molecule has 106 valence electrons. The number of nitrogen functional groups attached to an aromatic ring is 1. The van der Waals surface area contributed by atoms with Crippen molar-refractivity contribution in [2.45, 2.75) is 52.1 Å². The molecule has 0 aromatic heterocycles. The third-order valence-electron chi connectivity index (χ3n) is 3.02. The van der Waals surface area contributed by atoms with Crippen LogP contribution in [0.5, 0.6) is 0 Å². The average Bonchev–Trinajstić information content (AvgIpc) is 2.34. The van der Waals surface area contributed by atoms with Gasteiger partial charge in [0.15, 0.2) is 0 Å². The summed E-state index contributed by atoms with van der Waals surface area (Å²) in [6, 6.07) is 4.17. The zero-order chi connectivity index (χ0) is 14.3. The quantitative estimate of drug-likeness (QED) is 0.462. The maximum atomic E-state index is 13.5. The van der Waals surface area contributed by atoms with Crippen LogP contribution in [0.15, 0.2) is 18.2 Å². The summed E-state index contributed by atoms with van der Waals surface area (Å²) in [5.74, 6) is -1.32. The van der Waals surface area contributed by atoms with Crippen molar-refractivity contribution >= 4 is 11.7 Å². The zero-order valence-electron chi connectivity index (χ0n) is 11.6. The van der Waals surface area contributed by atoms with Crippen molar-refractivity contribution in [2.75, 3.05) is 5.73 Å². The van der Waals surface area contributed by atoms with Crippen molar-refractivity contribution in [3.8, 4) is 0 Å². The van der Waals surface area contributed by atoms with E-state index in [-0.39, 0.29) is 17.4 Å². The molecule has 0 fully saturated rings. The Kier molecular flexibility index (Phi) is 6.33. The standard InChI is InChI=1S/C15H22FNO2/c1-3-4-5-6-8-11(2)19-15(18)14-12(16)9-7-10-13(14)17/h7,9-11H,3-6,8,17H2,1-2H3. The Morgan fingerprint density at radius 1 is 1.37 bits per heavy atom. The van der Waals surface area contributed by atoms with Gasteiger partial charge in [0, 0.05) is 5.69 Å². The molecule has 1 atom stereocenters. The molecule has 2 N–H and O–H groups in total. The Bertz CT molecular complexity index is 400. The SMILES string of the molecule is CCCCCCC(C)OC(=O)c1c(N)cccc1F. The van der Waals surface area contributed by atoms with E-state index >= 15 is 0 Å². The molecule has 0 saturated heterocycles. The molecule has 1 aromatic carbocycles. The van der Waals surface area contributed by atoms with Gasteiger partial charge in [-0.3, -0.25) is 0 Å². The summed E-state index contributed by atoms with van der Waals surface area (Å²) in [5.41, 5.74) is 5.55. The third-order valence-corrected chi connectivity index (χ3v) is 3.02. The van der Waals surface area contributed by atoms with Crippen molar-refractivity contribution < 1.29 is 13.9 Å². The van der Waals surface area contributed by atoms with E-state index in [1.165, 1.54) is 31.0 Å². The normalized spacial score (nSPS) is 12.2. The molecule has 0 bridgehead atoms. The number of unbranched alkanes of at least 4 members (excludes halogenated alkanes) is 3. The number of halogens is 1. The fraction of sp³-hybridized carbons (Fsp3) is 0.533. The summed E-state index contributed by atoms with van der Waals surface area (Å²) < 4.78 is 18.7. The van der Waals surface area contributed by atoms with Crippen LogP contribution in [0.4, 0.5) is 10.1 Å². The Morgan fingerprint density at radius 3 is 2.74 bits per heavy atom. The smallest absolute Gasteiger partial charge is 0.343 e. The number of nitrogens with two attached hydrogens (primary N) is 1. The second kappa shape index (κ2) is 7.77. The number of hydrogen-bond donors (Lipinski definition) is 1. The van der Waals surface area contributed by atoms with Gasteiger partial charge in [-0.1, -0.05) is 32.3 Å². The molecule has 1 unspecified atom stereocenters. The molecule has 0 aliphatic carbocycles. The largest absolute Gasteiger partial charge is 0.459 e. The zero-order valence-corrected chi connectivity index (χ0v) is 11.6. The van der Waals surface area contributed by atoms with Crippen molar-refractivity contribution in [1.29, 1.82) is 0 Å². The van der Waals surface area contributed by atoms with Gasteiger partial charge in [0.1, 0.15) is 11.4 Å². The lowest BCUT2D eigenvalue weighted by atomic mass is 10.1. The second-order valence-corrected chi connectivity index (χ2v) is 4.77.